The molecule has 0 bridgehead atoms. The average Bonchev–Trinajstić information content (AvgIpc) is 3.51. The Kier molecular flexibility index (Phi) is 6.35. The summed E-state index contributed by atoms with van der Waals surface area (Å²) >= 11 is 6.29. The van der Waals surface area contributed by atoms with Gasteiger partial charge in [0.25, 0.3) is 5.91 Å². The molecule has 1 fully saturated rings. The van der Waals surface area contributed by atoms with E-state index in [1.54, 1.807) is 12.0 Å². The minimum Gasteiger partial charge on any atom is -0.454 e. The Morgan fingerprint density at radius 1 is 1.21 bits per heavy atom. The number of benzene rings is 2. The third-order valence-electron chi connectivity index (χ3n) is 5.93. The molecule has 33 heavy (non-hydrogen) atoms. The summed E-state index contributed by atoms with van der Waals surface area (Å²) < 4.78 is 22.0. The third-order valence-corrected chi connectivity index (χ3v) is 6.16. The average molecular weight is 469 g/mol. The highest BCUT2D eigenvalue weighted by Gasteiger charge is 2.29. The number of hydrogen-bond acceptors (Lipinski definition) is 6. The van der Waals surface area contributed by atoms with Crippen molar-refractivity contribution in [3.8, 4) is 22.8 Å². The standard InChI is InChI=1S/C25H25ClN2O5/c1-30-9-7-28(25(29)21-6-3-8-31-21)14-18-10-17-12-22-23(33-15-32-22)13-20(17)27-24(18)16-4-2-5-19(26)11-16/h2,4-5,10-13,21H,3,6-9,14-15H2,1H3/t21-/m0/s1. The van der Waals surface area contributed by atoms with E-state index in [1.165, 1.54) is 0 Å². The number of rotatable bonds is 7. The Morgan fingerprint density at radius 3 is 2.82 bits per heavy atom. The van der Waals surface area contributed by atoms with E-state index in [9.17, 15) is 4.79 Å². The molecule has 0 radical (unpaired) electrons. The van der Waals surface area contributed by atoms with E-state index in [1.807, 2.05) is 36.4 Å². The lowest BCUT2D eigenvalue weighted by molar-refractivity contribution is -0.142. The first kappa shape index (κ1) is 21.9. The van der Waals surface area contributed by atoms with Crippen LogP contribution in [0.1, 0.15) is 18.4 Å². The summed E-state index contributed by atoms with van der Waals surface area (Å²) in [5, 5.41) is 1.54. The van der Waals surface area contributed by atoms with Crippen molar-refractivity contribution in [1.29, 1.82) is 0 Å². The number of pyridine rings is 1. The van der Waals surface area contributed by atoms with Crippen LogP contribution >= 0.6 is 11.6 Å². The monoisotopic (exact) mass is 468 g/mol. The minimum atomic E-state index is -0.404. The van der Waals surface area contributed by atoms with Crippen LogP contribution in [0.2, 0.25) is 5.02 Å². The molecule has 0 saturated carbocycles. The first-order valence-electron chi connectivity index (χ1n) is 11.0. The van der Waals surface area contributed by atoms with Crippen LogP contribution < -0.4 is 9.47 Å². The summed E-state index contributed by atoms with van der Waals surface area (Å²) in [5.41, 5.74) is 3.35. The highest BCUT2D eigenvalue weighted by Crippen LogP contribution is 2.37. The molecule has 172 valence electrons. The molecule has 0 N–H and O–H groups in total. The molecule has 3 aromatic rings. The number of nitrogens with zero attached hydrogens (tertiary/aromatic N) is 2. The topological polar surface area (TPSA) is 70.1 Å². The van der Waals surface area contributed by atoms with Crippen molar-refractivity contribution in [3.05, 3.63) is 53.1 Å². The fourth-order valence-corrected chi connectivity index (χ4v) is 4.45. The number of aromatic nitrogens is 1. The highest BCUT2D eigenvalue weighted by molar-refractivity contribution is 6.30. The molecule has 1 aromatic heterocycles. The van der Waals surface area contributed by atoms with Crippen LogP contribution in [0.15, 0.2) is 42.5 Å². The number of carbonyl (C=O) groups is 1. The van der Waals surface area contributed by atoms with E-state index in [0.29, 0.717) is 42.8 Å². The first-order valence-corrected chi connectivity index (χ1v) is 11.4. The van der Waals surface area contributed by atoms with Crippen LogP contribution in [0.5, 0.6) is 11.5 Å². The van der Waals surface area contributed by atoms with E-state index >= 15 is 0 Å². The second-order valence-electron chi connectivity index (χ2n) is 8.16. The molecule has 5 rings (SSSR count). The molecule has 1 saturated heterocycles. The van der Waals surface area contributed by atoms with Gasteiger partial charge < -0.3 is 23.8 Å². The second-order valence-corrected chi connectivity index (χ2v) is 8.60. The van der Waals surface area contributed by atoms with E-state index in [0.717, 1.165) is 40.6 Å². The Balaban J connectivity index is 1.58. The van der Waals surface area contributed by atoms with E-state index < -0.39 is 6.10 Å². The summed E-state index contributed by atoms with van der Waals surface area (Å²) in [7, 11) is 1.63. The maximum atomic E-state index is 13.2. The summed E-state index contributed by atoms with van der Waals surface area (Å²) in [6, 6.07) is 13.4. The van der Waals surface area contributed by atoms with Gasteiger partial charge in [-0.05, 0) is 42.7 Å². The summed E-state index contributed by atoms with van der Waals surface area (Å²) in [6.07, 6.45) is 1.23. The van der Waals surface area contributed by atoms with Crippen LogP contribution in [-0.2, 0) is 20.8 Å². The van der Waals surface area contributed by atoms with Crippen molar-refractivity contribution < 1.29 is 23.7 Å². The Morgan fingerprint density at radius 2 is 2.06 bits per heavy atom. The first-order chi connectivity index (χ1) is 16.1. The van der Waals surface area contributed by atoms with Gasteiger partial charge >= 0.3 is 0 Å². The molecule has 1 amide bonds. The van der Waals surface area contributed by atoms with Crippen LogP contribution in [0.4, 0.5) is 0 Å². The zero-order chi connectivity index (χ0) is 22.8. The largest absolute Gasteiger partial charge is 0.454 e. The van der Waals surface area contributed by atoms with Crippen molar-refractivity contribution in [2.45, 2.75) is 25.5 Å². The molecule has 0 aliphatic carbocycles. The molecule has 2 aromatic carbocycles. The number of carbonyl (C=O) groups excluding carboxylic acids is 1. The lowest BCUT2D eigenvalue weighted by Crippen LogP contribution is -2.40. The number of amides is 1. The molecular weight excluding hydrogens is 444 g/mol. The smallest absolute Gasteiger partial charge is 0.252 e. The van der Waals surface area contributed by atoms with Gasteiger partial charge in [-0.25, -0.2) is 4.98 Å². The molecule has 3 heterocycles. The Labute approximate surface area is 197 Å². The summed E-state index contributed by atoms with van der Waals surface area (Å²) in [4.78, 5) is 20.0. The maximum Gasteiger partial charge on any atom is 0.252 e. The zero-order valence-electron chi connectivity index (χ0n) is 18.4. The second kappa shape index (κ2) is 9.55. The van der Waals surface area contributed by atoms with Crippen LogP contribution in [0.3, 0.4) is 0 Å². The van der Waals surface area contributed by atoms with Crippen LogP contribution in [0.25, 0.3) is 22.2 Å². The molecule has 0 unspecified atom stereocenters. The van der Waals surface area contributed by atoms with Crippen molar-refractivity contribution in [2.24, 2.45) is 0 Å². The number of ether oxygens (including phenoxy) is 4. The molecular formula is C25H25ClN2O5. The normalized spacial score (nSPS) is 17.0. The lowest BCUT2D eigenvalue weighted by atomic mass is 10.0. The van der Waals surface area contributed by atoms with Gasteiger partial charge in [-0.1, -0.05) is 23.7 Å². The van der Waals surface area contributed by atoms with Gasteiger partial charge in [-0.2, -0.15) is 0 Å². The van der Waals surface area contributed by atoms with E-state index in [-0.39, 0.29) is 12.7 Å². The lowest BCUT2D eigenvalue weighted by Gasteiger charge is -2.26. The third kappa shape index (κ3) is 4.62. The van der Waals surface area contributed by atoms with Gasteiger partial charge in [0.1, 0.15) is 6.10 Å². The van der Waals surface area contributed by atoms with Gasteiger partial charge in [0.05, 0.1) is 17.8 Å². The van der Waals surface area contributed by atoms with Crippen molar-refractivity contribution in [2.75, 3.05) is 33.7 Å². The van der Waals surface area contributed by atoms with E-state index in [4.69, 9.17) is 35.5 Å². The fraction of sp³-hybridized carbons (Fsp3) is 0.360. The van der Waals surface area contributed by atoms with Gasteiger partial charge in [-0.15, -0.1) is 0 Å². The SMILES string of the molecule is COCCN(Cc1cc2cc3c(cc2nc1-c1cccc(Cl)c1)OCO3)C(=O)[C@@H]1CCCO1. The fourth-order valence-electron chi connectivity index (χ4n) is 4.26. The maximum absolute atomic E-state index is 13.2. The Hall–Kier alpha value is -2.87. The molecule has 7 nitrogen and oxygen atoms in total. The molecule has 2 aliphatic heterocycles. The zero-order valence-corrected chi connectivity index (χ0v) is 19.1. The summed E-state index contributed by atoms with van der Waals surface area (Å²) in [6.45, 7) is 2.09. The molecule has 8 heteroatoms. The van der Waals surface area contributed by atoms with Crippen LogP contribution in [0, 0.1) is 0 Å². The van der Waals surface area contributed by atoms with Gasteiger partial charge in [-0.3, -0.25) is 4.79 Å². The quantitative estimate of drug-likeness (QED) is 0.510. The van der Waals surface area contributed by atoms with Crippen molar-refractivity contribution >= 4 is 28.4 Å². The van der Waals surface area contributed by atoms with Crippen LogP contribution in [-0.4, -0.2) is 55.6 Å². The van der Waals surface area contributed by atoms with E-state index in [2.05, 4.69) is 6.07 Å². The minimum absolute atomic E-state index is 0.0209. The molecule has 0 spiro atoms. The van der Waals surface area contributed by atoms with Gasteiger partial charge in [0.15, 0.2) is 11.5 Å². The highest BCUT2D eigenvalue weighted by atomic mass is 35.5. The Bertz CT molecular complexity index is 1180. The van der Waals surface area contributed by atoms with Crippen molar-refractivity contribution in [1.82, 2.24) is 9.88 Å². The summed E-state index contributed by atoms with van der Waals surface area (Å²) in [5.74, 6) is 1.35. The molecule has 1 atom stereocenters. The van der Waals surface area contributed by atoms with Gasteiger partial charge in [0.2, 0.25) is 6.79 Å². The number of methoxy groups -OCH3 is 1. The number of hydrogen-bond donors (Lipinski definition) is 0. The predicted molar refractivity (Wildman–Crippen MR) is 125 cm³/mol. The number of fused-ring (bicyclic) bond motifs is 2. The van der Waals surface area contributed by atoms with Crippen molar-refractivity contribution in [3.63, 3.8) is 0 Å². The predicted octanol–water partition coefficient (Wildman–Crippen LogP) is 4.44. The molecule has 2 aliphatic rings. The number of halogens is 1. The van der Waals surface area contributed by atoms with Gasteiger partial charge in [0, 0.05) is 48.8 Å².